The van der Waals surface area contributed by atoms with Gasteiger partial charge in [-0.15, -0.1) is 0 Å². The standard InChI is InChI=1S/C4H8O2Se/c1-3(7)2-4(5)6/h3,7H,2H2,1H3,(H,5,6). The minimum absolute atomic E-state index is 0.213. The first-order valence-corrected chi connectivity index (χ1v) is 3.11. The summed E-state index contributed by atoms with van der Waals surface area (Å²) in [7, 11) is 0. The van der Waals surface area contributed by atoms with Crippen LogP contribution in [0.1, 0.15) is 13.3 Å². The van der Waals surface area contributed by atoms with Crippen LogP contribution >= 0.6 is 0 Å². The number of hydrogen-bond acceptors (Lipinski definition) is 1. The van der Waals surface area contributed by atoms with Crippen LogP contribution in [0, 0.1) is 0 Å². The van der Waals surface area contributed by atoms with E-state index in [-0.39, 0.29) is 11.2 Å². The molecule has 1 N–H and O–H groups in total. The van der Waals surface area contributed by atoms with Gasteiger partial charge in [0.2, 0.25) is 0 Å². The molecule has 0 heterocycles. The van der Waals surface area contributed by atoms with E-state index in [4.69, 9.17) is 5.11 Å². The van der Waals surface area contributed by atoms with E-state index >= 15 is 0 Å². The van der Waals surface area contributed by atoms with E-state index < -0.39 is 5.97 Å². The molecular formula is C4H8O2Se. The first-order valence-electron chi connectivity index (χ1n) is 2.03. The Morgan fingerprint density at radius 2 is 2.43 bits per heavy atom. The second-order valence-electron chi connectivity index (χ2n) is 1.45. The summed E-state index contributed by atoms with van der Waals surface area (Å²) in [5.74, 6) is -0.729. The molecule has 0 spiro atoms. The van der Waals surface area contributed by atoms with Gasteiger partial charge in [-0.25, -0.2) is 0 Å². The summed E-state index contributed by atoms with van der Waals surface area (Å²) in [6.45, 7) is 1.86. The van der Waals surface area contributed by atoms with Crippen LogP contribution in [0.5, 0.6) is 0 Å². The van der Waals surface area contributed by atoms with Gasteiger partial charge in [0.25, 0.3) is 0 Å². The summed E-state index contributed by atoms with van der Waals surface area (Å²) in [4.78, 5) is 10.0. The van der Waals surface area contributed by atoms with E-state index in [1.165, 1.54) is 0 Å². The van der Waals surface area contributed by atoms with Crippen LogP contribution in [0.4, 0.5) is 0 Å². The van der Waals surface area contributed by atoms with E-state index in [2.05, 4.69) is 16.0 Å². The zero-order valence-corrected chi connectivity index (χ0v) is 5.96. The molecular weight excluding hydrogens is 159 g/mol. The predicted octanol–water partition coefficient (Wildman–Crippen LogP) is 0.170. The third-order valence-corrected chi connectivity index (χ3v) is 0.853. The monoisotopic (exact) mass is 168 g/mol. The van der Waals surface area contributed by atoms with Gasteiger partial charge in [-0.05, 0) is 0 Å². The number of aliphatic carboxylic acids is 1. The van der Waals surface area contributed by atoms with Crippen molar-refractivity contribution in [2.45, 2.75) is 18.2 Å². The molecule has 0 aliphatic rings. The second-order valence-corrected chi connectivity index (χ2v) is 3.30. The van der Waals surface area contributed by atoms with Crippen molar-refractivity contribution in [3.8, 4) is 0 Å². The van der Waals surface area contributed by atoms with Gasteiger partial charge < -0.3 is 0 Å². The van der Waals surface area contributed by atoms with Gasteiger partial charge >= 0.3 is 50.0 Å². The first-order chi connectivity index (χ1) is 3.13. The van der Waals surface area contributed by atoms with E-state index in [0.29, 0.717) is 0 Å². The molecule has 0 saturated heterocycles. The quantitative estimate of drug-likeness (QED) is 0.595. The molecule has 1 unspecified atom stereocenters. The Bertz CT molecular complexity index is 70.1. The molecule has 0 aliphatic carbocycles. The third-order valence-electron chi connectivity index (χ3n) is 0.470. The molecule has 0 radical (unpaired) electrons. The predicted molar refractivity (Wildman–Crippen MR) is 28.8 cm³/mol. The van der Waals surface area contributed by atoms with Gasteiger partial charge in [0.05, 0.1) is 0 Å². The average molecular weight is 167 g/mol. The van der Waals surface area contributed by atoms with Crippen molar-refractivity contribution in [1.29, 1.82) is 0 Å². The number of carboxylic acid groups (broad SMARTS) is 1. The molecule has 42 valence electrons. The summed E-state index contributed by atoms with van der Waals surface area (Å²) in [5.41, 5.74) is 0. The molecule has 0 bridgehead atoms. The molecule has 0 aliphatic heterocycles. The van der Waals surface area contributed by atoms with Gasteiger partial charge in [-0.2, -0.15) is 0 Å². The molecule has 3 heteroatoms. The molecule has 1 atom stereocenters. The van der Waals surface area contributed by atoms with Crippen LogP contribution in [0.3, 0.4) is 0 Å². The summed E-state index contributed by atoms with van der Waals surface area (Å²) in [6.07, 6.45) is 0.250. The zero-order chi connectivity index (χ0) is 5.86. The summed E-state index contributed by atoms with van der Waals surface area (Å²) in [6, 6.07) is 0. The topological polar surface area (TPSA) is 37.3 Å². The molecule has 7 heavy (non-hydrogen) atoms. The summed E-state index contributed by atoms with van der Waals surface area (Å²) in [5, 5.41) is 8.07. The van der Waals surface area contributed by atoms with Gasteiger partial charge in [-0.1, -0.05) is 0 Å². The summed E-state index contributed by atoms with van der Waals surface area (Å²) >= 11 is 2.29. The Labute approximate surface area is 50.7 Å². The van der Waals surface area contributed by atoms with Crippen LogP contribution in [-0.2, 0) is 4.79 Å². The molecule has 0 aromatic heterocycles. The zero-order valence-electron chi connectivity index (χ0n) is 4.09. The third kappa shape index (κ3) is 5.99. The van der Waals surface area contributed by atoms with Crippen molar-refractivity contribution in [3.63, 3.8) is 0 Å². The number of rotatable bonds is 2. The number of carboxylic acids is 1. The maximum absolute atomic E-state index is 9.80. The first kappa shape index (κ1) is 6.99. The average Bonchev–Trinajstić information content (AvgIpc) is 1.27. The molecule has 0 aromatic carbocycles. The van der Waals surface area contributed by atoms with Crippen LogP contribution < -0.4 is 0 Å². The van der Waals surface area contributed by atoms with Crippen LogP contribution in [-0.4, -0.2) is 27.1 Å². The Kier molecular flexibility index (Phi) is 3.05. The molecule has 0 rings (SSSR count). The minimum atomic E-state index is -0.729. The normalized spacial score (nSPS) is 13.4. The molecule has 0 fully saturated rings. The van der Waals surface area contributed by atoms with E-state index in [1.807, 2.05) is 6.92 Å². The van der Waals surface area contributed by atoms with Crippen molar-refractivity contribution in [2.75, 3.05) is 0 Å². The Hall–Kier alpha value is -0.0105. The fourth-order valence-electron chi connectivity index (χ4n) is 0.253. The Balaban J connectivity index is 3.13. The fourth-order valence-corrected chi connectivity index (χ4v) is 0.580. The van der Waals surface area contributed by atoms with Crippen LogP contribution in [0.2, 0.25) is 4.82 Å². The number of carbonyl (C=O) groups is 1. The van der Waals surface area contributed by atoms with Crippen molar-refractivity contribution in [2.24, 2.45) is 0 Å². The van der Waals surface area contributed by atoms with E-state index in [9.17, 15) is 4.79 Å². The van der Waals surface area contributed by atoms with Crippen LogP contribution in [0.15, 0.2) is 0 Å². The van der Waals surface area contributed by atoms with E-state index in [0.717, 1.165) is 0 Å². The van der Waals surface area contributed by atoms with E-state index in [1.54, 1.807) is 0 Å². The van der Waals surface area contributed by atoms with Crippen molar-refractivity contribution in [3.05, 3.63) is 0 Å². The van der Waals surface area contributed by atoms with Gasteiger partial charge in [0, 0.05) is 0 Å². The molecule has 0 aromatic rings. The fraction of sp³-hybridized carbons (Fsp3) is 0.750. The van der Waals surface area contributed by atoms with Gasteiger partial charge in [-0.3, -0.25) is 0 Å². The Morgan fingerprint density at radius 1 is 2.00 bits per heavy atom. The number of hydrogen-bond donors (Lipinski definition) is 1. The van der Waals surface area contributed by atoms with Crippen molar-refractivity contribution in [1.82, 2.24) is 0 Å². The molecule has 2 nitrogen and oxygen atoms in total. The second kappa shape index (κ2) is 3.05. The van der Waals surface area contributed by atoms with Crippen molar-refractivity contribution < 1.29 is 9.90 Å². The summed E-state index contributed by atoms with van der Waals surface area (Å²) < 4.78 is 0. The van der Waals surface area contributed by atoms with Gasteiger partial charge in [0.1, 0.15) is 0 Å². The maximum atomic E-state index is 9.80. The molecule has 0 amide bonds. The van der Waals surface area contributed by atoms with Crippen molar-refractivity contribution >= 4 is 22.0 Å². The SMILES string of the molecule is CC([SeH])CC(=O)O. The molecule has 0 saturated carbocycles. The Morgan fingerprint density at radius 3 is 2.43 bits per heavy atom. The van der Waals surface area contributed by atoms with Gasteiger partial charge in [0.15, 0.2) is 0 Å². The van der Waals surface area contributed by atoms with Crippen LogP contribution in [0.25, 0.3) is 0 Å².